The fourth-order valence-electron chi connectivity index (χ4n) is 1.67. The van der Waals surface area contributed by atoms with Gasteiger partial charge in [0.25, 0.3) is 0 Å². The number of methoxy groups -OCH3 is 2. The Balaban J connectivity index is 2.45. The van der Waals surface area contributed by atoms with Crippen molar-refractivity contribution in [1.82, 2.24) is 4.98 Å². The van der Waals surface area contributed by atoms with E-state index in [0.29, 0.717) is 11.4 Å². The van der Waals surface area contributed by atoms with Gasteiger partial charge in [0.15, 0.2) is 6.29 Å². The van der Waals surface area contributed by atoms with Crippen LogP contribution in [0.15, 0.2) is 36.5 Å². The van der Waals surface area contributed by atoms with Crippen LogP contribution in [0.3, 0.4) is 0 Å². The third kappa shape index (κ3) is 2.32. The first-order valence-electron chi connectivity index (χ1n) is 5.42. The summed E-state index contributed by atoms with van der Waals surface area (Å²) in [6.45, 7) is 0. The number of carbonyl (C=O) groups excluding carboxylic acids is 1. The van der Waals surface area contributed by atoms with Crippen molar-refractivity contribution in [2.75, 3.05) is 14.2 Å². The van der Waals surface area contributed by atoms with Gasteiger partial charge in [0.05, 0.1) is 14.2 Å². The number of aromatic nitrogens is 1. The Bertz CT molecular complexity index is 549. The van der Waals surface area contributed by atoms with Crippen LogP contribution in [0.2, 0.25) is 0 Å². The maximum atomic E-state index is 11.1. The molecule has 0 bridgehead atoms. The monoisotopic (exact) mass is 243 g/mol. The van der Waals surface area contributed by atoms with Crippen LogP contribution in [0.4, 0.5) is 0 Å². The highest BCUT2D eigenvalue weighted by Gasteiger charge is 2.07. The predicted octanol–water partition coefficient (Wildman–Crippen LogP) is 2.58. The van der Waals surface area contributed by atoms with Gasteiger partial charge in [-0.1, -0.05) is 12.1 Å². The molecule has 0 saturated heterocycles. The quantitative estimate of drug-likeness (QED) is 0.774. The van der Waals surface area contributed by atoms with Crippen molar-refractivity contribution in [3.05, 3.63) is 42.1 Å². The molecule has 0 spiro atoms. The molecule has 0 N–H and O–H groups in total. The van der Waals surface area contributed by atoms with Gasteiger partial charge in [-0.15, -0.1) is 0 Å². The van der Waals surface area contributed by atoms with E-state index in [1.165, 1.54) is 7.11 Å². The Labute approximate surface area is 105 Å². The predicted molar refractivity (Wildman–Crippen MR) is 68.2 cm³/mol. The highest BCUT2D eigenvalue weighted by atomic mass is 16.5. The largest absolute Gasteiger partial charge is 0.497 e. The van der Waals surface area contributed by atoms with Crippen molar-refractivity contribution in [3.8, 4) is 22.8 Å². The van der Waals surface area contributed by atoms with Crippen LogP contribution in [0.25, 0.3) is 11.1 Å². The van der Waals surface area contributed by atoms with E-state index in [4.69, 9.17) is 9.47 Å². The molecule has 0 fully saturated rings. The molecular formula is C14H13NO3. The summed E-state index contributed by atoms with van der Waals surface area (Å²) < 4.78 is 10.1. The van der Waals surface area contributed by atoms with Gasteiger partial charge in [-0.3, -0.25) is 4.79 Å². The topological polar surface area (TPSA) is 48.4 Å². The number of hydrogen-bond acceptors (Lipinski definition) is 4. The van der Waals surface area contributed by atoms with E-state index in [-0.39, 0.29) is 0 Å². The van der Waals surface area contributed by atoms with E-state index >= 15 is 0 Å². The minimum Gasteiger partial charge on any atom is -0.497 e. The molecule has 1 aromatic heterocycles. The van der Waals surface area contributed by atoms with E-state index in [2.05, 4.69) is 4.98 Å². The van der Waals surface area contributed by atoms with Crippen LogP contribution < -0.4 is 9.47 Å². The van der Waals surface area contributed by atoms with Gasteiger partial charge in [0, 0.05) is 23.4 Å². The first-order valence-corrected chi connectivity index (χ1v) is 5.42. The highest BCUT2D eigenvalue weighted by molar-refractivity contribution is 5.87. The van der Waals surface area contributed by atoms with E-state index in [9.17, 15) is 4.79 Å². The molecule has 0 amide bonds. The second kappa shape index (κ2) is 5.31. The molecule has 0 aliphatic carbocycles. The number of benzene rings is 1. The molecule has 0 aliphatic rings. The summed E-state index contributed by atoms with van der Waals surface area (Å²) in [7, 11) is 3.13. The standard InChI is InChI=1S/C14H13NO3/c1-17-12-5-3-10(4-6-12)13-8-15-14(18-2)7-11(13)9-16/h3-9H,1-2H3. The van der Waals surface area contributed by atoms with Crippen molar-refractivity contribution in [1.29, 1.82) is 0 Å². The van der Waals surface area contributed by atoms with Gasteiger partial charge < -0.3 is 9.47 Å². The van der Waals surface area contributed by atoms with Crippen molar-refractivity contribution in [2.24, 2.45) is 0 Å². The molecule has 0 atom stereocenters. The molecule has 4 nitrogen and oxygen atoms in total. The SMILES string of the molecule is COc1ccc(-c2cnc(OC)cc2C=O)cc1. The minimum absolute atomic E-state index is 0.425. The van der Waals surface area contributed by atoms with Crippen molar-refractivity contribution in [2.45, 2.75) is 0 Å². The van der Waals surface area contributed by atoms with Crippen LogP contribution in [-0.4, -0.2) is 25.5 Å². The Morgan fingerprint density at radius 3 is 2.39 bits per heavy atom. The van der Waals surface area contributed by atoms with E-state index < -0.39 is 0 Å². The Morgan fingerprint density at radius 1 is 1.11 bits per heavy atom. The molecule has 2 aromatic rings. The molecule has 1 aromatic carbocycles. The second-order valence-electron chi connectivity index (χ2n) is 3.66. The summed E-state index contributed by atoms with van der Waals surface area (Å²) in [5.74, 6) is 1.20. The number of hydrogen-bond donors (Lipinski definition) is 0. The Morgan fingerprint density at radius 2 is 1.83 bits per heavy atom. The lowest BCUT2D eigenvalue weighted by Crippen LogP contribution is -1.93. The second-order valence-corrected chi connectivity index (χ2v) is 3.66. The number of pyridine rings is 1. The van der Waals surface area contributed by atoms with Crippen molar-refractivity contribution < 1.29 is 14.3 Å². The van der Waals surface area contributed by atoms with Crippen LogP contribution in [-0.2, 0) is 0 Å². The summed E-state index contributed by atoms with van der Waals surface area (Å²) in [6.07, 6.45) is 2.42. The first kappa shape index (κ1) is 12.1. The molecular weight excluding hydrogens is 230 g/mol. The normalized spacial score (nSPS) is 9.89. The molecule has 18 heavy (non-hydrogen) atoms. The summed E-state index contributed by atoms with van der Waals surface area (Å²) >= 11 is 0. The lowest BCUT2D eigenvalue weighted by Gasteiger charge is -2.07. The minimum atomic E-state index is 0.425. The van der Waals surface area contributed by atoms with E-state index in [1.807, 2.05) is 24.3 Å². The van der Waals surface area contributed by atoms with Gasteiger partial charge in [-0.2, -0.15) is 0 Å². The van der Waals surface area contributed by atoms with Crippen LogP contribution >= 0.6 is 0 Å². The van der Waals surface area contributed by atoms with Crippen LogP contribution in [0.1, 0.15) is 10.4 Å². The summed E-state index contributed by atoms with van der Waals surface area (Å²) in [4.78, 5) is 15.2. The van der Waals surface area contributed by atoms with Gasteiger partial charge in [-0.05, 0) is 17.7 Å². The fourth-order valence-corrected chi connectivity index (χ4v) is 1.67. The molecule has 0 saturated carbocycles. The average Bonchev–Trinajstić information content (AvgIpc) is 2.46. The maximum Gasteiger partial charge on any atom is 0.213 e. The lowest BCUT2D eigenvalue weighted by atomic mass is 10.0. The average molecular weight is 243 g/mol. The van der Waals surface area contributed by atoms with Crippen LogP contribution in [0, 0.1) is 0 Å². The summed E-state index contributed by atoms with van der Waals surface area (Å²) in [6, 6.07) is 9.07. The Hall–Kier alpha value is -2.36. The molecule has 2 rings (SSSR count). The third-order valence-corrected chi connectivity index (χ3v) is 2.65. The van der Waals surface area contributed by atoms with Crippen LogP contribution in [0.5, 0.6) is 11.6 Å². The number of ether oxygens (including phenoxy) is 2. The molecule has 4 heteroatoms. The van der Waals surface area contributed by atoms with E-state index in [1.54, 1.807) is 19.4 Å². The highest BCUT2D eigenvalue weighted by Crippen LogP contribution is 2.26. The van der Waals surface area contributed by atoms with E-state index in [0.717, 1.165) is 23.2 Å². The molecule has 1 heterocycles. The zero-order chi connectivity index (χ0) is 13.0. The molecule has 0 unspecified atom stereocenters. The fraction of sp³-hybridized carbons (Fsp3) is 0.143. The summed E-state index contributed by atoms with van der Waals surface area (Å²) in [5.41, 5.74) is 2.23. The van der Waals surface area contributed by atoms with Gasteiger partial charge >= 0.3 is 0 Å². The molecule has 0 aliphatic heterocycles. The molecule has 0 radical (unpaired) electrons. The Kier molecular flexibility index (Phi) is 3.57. The lowest BCUT2D eigenvalue weighted by molar-refractivity contribution is 0.112. The zero-order valence-corrected chi connectivity index (χ0v) is 10.2. The maximum absolute atomic E-state index is 11.1. The number of nitrogens with zero attached hydrogens (tertiary/aromatic N) is 1. The van der Waals surface area contributed by atoms with Crippen molar-refractivity contribution >= 4 is 6.29 Å². The number of carbonyl (C=O) groups is 1. The van der Waals surface area contributed by atoms with Gasteiger partial charge in [0.1, 0.15) is 5.75 Å². The first-order chi connectivity index (χ1) is 8.78. The number of aldehydes is 1. The number of rotatable bonds is 4. The van der Waals surface area contributed by atoms with Gasteiger partial charge in [0.2, 0.25) is 5.88 Å². The summed E-state index contributed by atoms with van der Waals surface area (Å²) in [5, 5.41) is 0. The van der Waals surface area contributed by atoms with Gasteiger partial charge in [-0.25, -0.2) is 4.98 Å². The third-order valence-electron chi connectivity index (χ3n) is 2.65. The van der Waals surface area contributed by atoms with Crippen molar-refractivity contribution in [3.63, 3.8) is 0 Å². The molecule has 92 valence electrons. The smallest absolute Gasteiger partial charge is 0.213 e. The zero-order valence-electron chi connectivity index (χ0n) is 10.2.